The molecule has 18 heavy (non-hydrogen) atoms. The Morgan fingerprint density at radius 3 is 2.39 bits per heavy atom. The maximum atomic E-state index is 11.3. The molecule has 0 spiro atoms. The monoisotopic (exact) mass is 332 g/mol. The minimum absolute atomic E-state index is 0. The van der Waals surface area contributed by atoms with Crippen molar-refractivity contribution in [3.63, 3.8) is 0 Å². The molecule has 0 saturated heterocycles. The number of guanidine groups is 1. The molecule has 102 valence electrons. The van der Waals surface area contributed by atoms with Crippen LogP contribution >= 0.6 is 48.0 Å². The number of carbonyl (C=O) groups excluding carboxylic acids is 1. The van der Waals surface area contributed by atoms with E-state index in [1.165, 1.54) is 0 Å². The molecule has 0 aliphatic carbocycles. The summed E-state index contributed by atoms with van der Waals surface area (Å²) in [5, 5.41) is 9.61. The van der Waals surface area contributed by atoms with Gasteiger partial charge in [0.05, 0.1) is 17.1 Å². The molecule has 0 bridgehead atoms. The molecule has 6 N–H and O–H groups in total. The second kappa shape index (κ2) is 8.26. The third-order valence-electron chi connectivity index (χ3n) is 1.83. The van der Waals surface area contributed by atoms with Crippen LogP contribution in [0.5, 0.6) is 0 Å². The lowest BCUT2D eigenvalue weighted by molar-refractivity contribution is -0.119. The van der Waals surface area contributed by atoms with Gasteiger partial charge in [-0.15, -0.1) is 24.8 Å². The standard InChI is InChI=1S/C9H10Cl2N4O.2ClH/c10-5-1-2-6(12)8(11)4(5)3-7(16)15-9(13)14;;/h1-2H,3,12H2,(H4,13,14,15,16);2*1H. The van der Waals surface area contributed by atoms with Crippen molar-refractivity contribution < 1.29 is 4.79 Å². The number of hydrogen-bond acceptors (Lipinski definition) is 3. The molecule has 0 aliphatic heterocycles. The van der Waals surface area contributed by atoms with E-state index in [0.717, 1.165) is 0 Å². The van der Waals surface area contributed by atoms with Gasteiger partial charge in [0.25, 0.3) is 0 Å². The van der Waals surface area contributed by atoms with Crippen LogP contribution in [0, 0.1) is 5.41 Å². The Bertz CT molecular complexity index is 452. The highest BCUT2D eigenvalue weighted by atomic mass is 35.5. The average Bonchev–Trinajstić information content (AvgIpc) is 2.17. The molecule has 0 aromatic heterocycles. The molecule has 5 nitrogen and oxygen atoms in total. The maximum absolute atomic E-state index is 11.3. The maximum Gasteiger partial charge on any atom is 0.231 e. The van der Waals surface area contributed by atoms with E-state index in [9.17, 15) is 4.79 Å². The van der Waals surface area contributed by atoms with Gasteiger partial charge in [-0.25, -0.2) is 0 Å². The van der Waals surface area contributed by atoms with Crippen molar-refractivity contribution in [2.75, 3.05) is 5.73 Å². The first-order valence-electron chi connectivity index (χ1n) is 4.28. The van der Waals surface area contributed by atoms with Crippen LogP contribution < -0.4 is 16.8 Å². The summed E-state index contributed by atoms with van der Waals surface area (Å²) in [5.74, 6) is -0.900. The highest BCUT2D eigenvalue weighted by Crippen LogP contribution is 2.30. The van der Waals surface area contributed by atoms with Crippen molar-refractivity contribution in [2.45, 2.75) is 6.42 Å². The molecule has 0 fully saturated rings. The van der Waals surface area contributed by atoms with E-state index in [4.69, 9.17) is 40.1 Å². The van der Waals surface area contributed by atoms with Crippen molar-refractivity contribution in [3.8, 4) is 0 Å². The van der Waals surface area contributed by atoms with Gasteiger partial charge in [-0.3, -0.25) is 15.5 Å². The molecule has 0 unspecified atom stereocenters. The zero-order chi connectivity index (χ0) is 12.3. The van der Waals surface area contributed by atoms with Gasteiger partial charge in [0, 0.05) is 10.6 Å². The Kier molecular flexibility index (Phi) is 8.93. The molecule has 1 rings (SSSR count). The predicted molar refractivity (Wildman–Crippen MR) is 79.1 cm³/mol. The van der Waals surface area contributed by atoms with Crippen LogP contribution in [-0.2, 0) is 11.2 Å². The molecule has 0 atom stereocenters. The van der Waals surface area contributed by atoms with Crippen molar-refractivity contribution >= 4 is 65.6 Å². The van der Waals surface area contributed by atoms with E-state index in [-0.39, 0.29) is 36.3 Å². The zero-order valence-electron chi connectivity index (χ0n) is 9.00. The summed E-state index contributed by atoms with van der Waals surface area (Å²) in [6, 6.07) is 3.11. The molecule has 1 aromatic carbocycles. The molecule has 1 aromatic rings. The van der Waals surface area contributed by atoms with Gasteiger partial charge in [0.2, 0.25) is 5.91 Å². The number of anilines is 1. The predicted octanol–water partition coefficient (Wildman–Crippen LogP) is 1.97. The fraction of sp³-hybridized carbons (Fsp3) is 0.111. The van der Waals surface area contributed by atoms with E-state index < -0.39 is 11.9 Å². The van der Waals surface area contributed by atoms with E-state index in [2.05, 4.69) is 5.32 Å². The number of rotatable bonds is 2. The van der Waals surface area contributed by atoms with Crippen LogP contribution in [0.3, 0.4) is 0 Å². The van der Waals surface area contributed by atoms with Gasteiger partial charge >= 0.3 is 0 Å². The molecule has 0 radical (unpaired) electrons. The summed E-state index contributed by atoms with van der Waals surface area (Å²) in [6.45, 7) is 0. The smallest absolute Gasteiger partial charge is 0.231 e. The van der Waals surface area contributed by atoms with Crippen molar-refractivity contribution in [2.24, 2.45) is 5.73 Å². The van der Waals surface area contributed by atoms with Crippen LogP contribution in [0.4, 0.5) is 5.69 Å². The van der Waals surface area contributed by atoms with Crippen LogP contribution in [0.25, 0.3) is 0 Å². The first kappa shape index (κ1) is 19.5. The van der Waals surface area contributed by atoms with Crippen molar-refractivity contribution in [1.82, 2.24) is 5.32 Å². The van der Waals surface area contributed by atoms with Gasteiger partial charge in [0.15, 0.2) is 5.96 Å². The number of benzene rings is 1. The van der Waals surface area contributed by atoms with Crippen molar-refractivity contribution in [1.29, 1.82) is 5.41 Å². The fourth-order valence-corrected chi connectivity index (χ4v) is 1.64. The molecule has 1 amide bonds. The molecule has 0 aliphatic rings. The highest BCUT2D eigenvalue weighted by Gasteiger charge is 2.13. The molecular formula is C9H12Cl4N4O. The summed E-state index contributed by atoms with van der Waals surface area (Å²) in [5.41, 5.74) is 11.4. The van der Waals surface area contributed by atoms with Crippen molar-refractivity contribution in [3.05, 3.63) is 27.7 Å². The SMILES string of the molecule is Cl.Cl.N=C(N)NC(=O)Cc1c(Cl)ccc(N)c1Cl. The van der Waals surface area contributed by atoms with E-state index in [0.29, 0.717) is 16.3 Å². The third kappa shape index (κ3) is 5.18. The molecular weight excluding hydrogens is 322 g/mol. The fourth-order valence-electron chi connectivity index (χ4n) is 1.13. The van der Waals surface area contributed by atoms with Gasteiger partial charge in [-0.05, 0) is 12.1 Å². The second-order valence-electron chi connectivity index (χ2n) is 3.07. The van der Waals surface area contributed by atoms with Gasteiger partial charge < -0.3 is 11.5 Å². The van der Waals surface area contributed by atoms with Gasteiger partial charge in [0.1, 0.15) is 0 Å². The van der Waals surface area contributed by atoms with Crippen LogP contribution in [0.15, 0.2) is 12.1 Å². The zero-order valence-corrected chi connectivity index (χ0v) is 12.1. The number of nitrogen functional groups attached to an aromatic ring is 1. The number of carbonyl (C=O) groups is 1. The average molecular weight is 334 g/mol. The number of nitrogens with two attached hydrogens (primary N) is 2. The Morgan fingerprint density at radius 2 is 1.89 bits per heavy atom. The lowest BCUT2D eigenvalue weighted by atomic mass is 10.1. The second-order valence-corrected chi connectivity index (χ2v) is 3.85. The summed E-state index contributed by atoms with van der Waals surface area (Å²) < 4.78 is 0. The summed E-state index contributed by atoms with van der Waals surface area (Å²) in [4.78, 5) is 11.3. The minimum atomic E-state index is -0.470. The van der Waals surface area contributed by atoms with Gasteiger partial charge in [-0.1, -0.05) is 23.2 Å². The third-order valence-corrected chi connectivity index (χ3v) is 2.63. The number of nitrogens with one attached hydrogen (secondary N) is 2. The largest absolute Gasteiger partial charge is 0.398 e. The number of amides is 1. The van der Waals surface area contributed by atoms with E-state index in [1.807, 2.05) is 0 Å². The molecule has 0 saturated carbocycles. The summed E-state index contributed by atoms with van der Waals surface area (Å²) >= 11 is 11.8. The van der Waals surface area contributed by atoms with Crippen LogP contribution in [0.1, 0.15) is 5.56 Å². The molecule has 9 heteroatoms. The van der Waals surface area contributed by atoms with Crippen LogP contribution in [0.2, 0.25) is 10.0 Å². The number of halogens is 4. The Morgan fingerprint density at radius 1 is 1.33 bits per heavy atom. The summed E-state index contributed by atoms with van der Waals surface area (Å²) in [6.07, 6.45) is -0.0811. The topological polar surface area (TPSA) is 105 Å². The van der Waals surface area contributed by atoms with E-state index >= 15 is 0 Å². The Labute approximate surface area is 127 Å². The quantitative estimate of drug-likeness (QED) is 0.377. The first-order valence-corrected chi connectivity index (χ1v) is 5.03. The lowest BCUT2D eigenvalue weighted by Crippen LogP contribution is -2.36. The minimum Gasteiger partial charge on any atom is -0.398 e. The lowest BCUT2D eigenvalue weighted by Gasteiger charge is -2.08. The Balaban J connectivity index is 0. The van der Waals surface area contributed by atoms with Gasteiger partial charge in [-0.2, -0.15) is 0 Å². The van der Waals surface area contributed by atoms with E-state index in [1.54, 1.807) is 12.1 Å². The molecule has 0 heterocycles. The number of hydrogen-bond donors (Lipinski definition) is 4. The Hall–Kier alpha value is -0.880. The normalized spacial score (nSPS) is 8.78. The highest BCUT2D eigenvalue weighted by molar-refractivity contribution is 6.38. The summed E-state index contributed by atoms with van der Waals surface area (Å²) in [7, 11) is 0. The van der Waals surface area contributed by atoms with Crippen LogP contribution in [-0.4, -0.2) is 11.9 Å². The first-order chi connectivity index (χ1) is 7.41.